The number of benzene rings is 1. The fraction of sp³-hybridized carbons (Fsp3) is 0.611. The number of hydrogen-bond acceptors (Lipinski definition) is 9. The Kier molecular flexibility index (Phi) is 22.1. The average molecular weight is 751 g/mol. The summed E-state index contributed by atoms with van der Waals surface area (Å²) in [7, 11) is 0. The minimum Gasteiger partial charge on any atom is -0.480 e. The second kappa shape index (κ2) is 25.0. The first kappa shape index (κ1) is 46.0. The van der Waals surface area contributed by atoms with Crippen LogP contribution in [0, 0.1) is 5.92 Å². The molecule has 52 heavy (non-hydrogen) atoms. The lowest BCUT2D eigenvalue weighted by Crippen LogP contribution is -2.59. The number of carbonyl (C=O) groups excluding carboxylic acids is 5. The zero-order valence-corrected chi connectivity index (χ0v) is 31.5. The number of hydrogen-bond donors (Lipinski definition) is 9. The van der Waals surface area contributed by atoms with Crippen molar-refractivity contribution in [3.8, 4) is 0 Å². The van der Waals surface area contributed by atoms with Crippen LogP contribution in [0.25, 0.3) is 0 Å². The predicted molar refractivity (Wildman–Crippen MR) is 201 cm³/mol. The number of unbranched alkanes of at least 4 members (excludes halogenated alkanes) is 2. The number of amides is 5. The molecule has 0 aliphatic carbocycles. The molecule has 0 aliphatic rings. The number of rotatable bonds is 25. The summed E-state index contributed by atoms with van der Waals surface area (Å²) in [5, 5.41) is 23.5. The minimum absolute atomic E-state index is 0.0209. The number of carboxylic acid groups (broad SMARTS) is 1. The second-order valence-electron chi connectivity index (χ2n) is 13.3. The zero-order chi connectivity index (χ0) is 39.2. The third-order valence-corrected chi connectivity index (χ3v) is 8.33. The van der Waals surface area contributed by atoms with Gasteiger partial charge in [-0.15, -0.1) is 0 Å². The molecule has 16 heteroatoms. The smallest absolute Gasteiger partial charge is 0.326 e. The van der Waals surface area contributed by atoms with Crippen LogP contribution in [0.2, 0.25) is 5.02 Å². The summed E-state index contributed by atoms with van der Waals surface area (Å²) >= 11 is 6.17. The SMILES string of the molecule is C/C=C/C[C@H](NC(=O)[C@H](CCCCN)NC(=O)[C@H](CCCCN)NC(=O)[C@H](C)N)C(=O)N[C@@H](Cc1cccc(Cl)c1)C(=O)N[C@@H](CC(C)C)C(=O)O. The largest absolute Gasteiger partial charge is 0.480 e. The molecule has 5 amide bonds. The molecule has 292 valence electrons. The van der Waals surface area contributed by atoms with Crippen molar-refractivity contribution < 1.29 is 33.9 Å². The lowest BCUT2D eigenvalue weighted by Gasteiger charge is -2.27. The summed E-state index contributed by atoms with van der Waals surface area (Å²) in [4.78, 5) is 79.0. The maximum absolute atomic E-state index is 13.8. The van der Waals surface area contributed by atoms with Gasteiger partial charge in [0.05, 0.1) is 6.04 Å². The van der Waals surface area contributed by atoms with Gasteiger partial charge < -0.3 is 48.9 Å². The standard InChI is InChI=1S/C36H59ClN8O7/c1-5-6-14-26(34(49)44-29(21-24-12-11-13-25(37)20-24)35(50)45-30(36(51)52)19-22(2)3)42-33(48)28(16-8-10-18-39)43-32(47)27(15-7-9-17-38)41-31(46)23(4)40/h5-6,11-13,20,22-23,26-30H,7-10,14-19,21,38-40H2,1-4H3,(H,41,46)(H,42,48)(H,43,47)(H,44,49)(H,45,50)(H,51,52)/b6-5+/t23-,26-,27-,28-,29-,30-/m0/s1. The van der Waals surface area contributed by atoms with Crippen molar-refractivity contribution in [3.63, 3.8) is 0 Å². The molecule has 0 saturated heterocycles. The van der Waals surface area contributed by atoms with Crippen LogP contribution in [0.1, 0.15) is 84.6 Å². The van der Waals surface area contributed by atoms with Crippen LogP contribution in [0.15, 0.2) is 36.4 Å². The third kappa shape index (κ3) is 17.9. The van der Waals surface area contributed by atoms with Crippen LogP contribution in [0.3, 0.4) is 0 Å². The predicted octanol–water partition coefficient (Wildman–Crippen LogP) is 1.01. The molecule has 0 saturated carbocycles. The van der Waals surface area contributed by atoms with E-state index in [9.17, 15) is 33.9 Å². The Morgan fingerprint density at radius 3 is 1.69 bits per heavy atom. The fourth-order valence-electron chi connectivity index (χ4n) is 5.22. The molecule has 0 radical (unpaired) electrons. The van der Waals surface area contributed by atoms with Crippen LogP contribution >= 0.6 is 11.6 Å². The monoisotopic (exact) mass is 750 g/mol. The van der Waals surface area contributed by atoms with Crippen molar-refractivity contribution in [2.24, 2.45) is 23.1 Å². The highest BCUT2D eigenvalue weighted by atomic mass is 35.5. The molecule has 0 fully saturated rings. The van der Waals surface area contributed by atoms with E-state index in [1.165, 1.54) is 6.92 Å². The van der Waals surface area contributed by atoms with Gasteiger partial charge in [0, 0.05) is 11.4 Å². The van der Waals surface area contributed by atoms with Crippen molar-refractivity contribution in [2.75, 3.05) is 13.1 Å². The maximum atomic E-state index is 13.8. The molecule has 0 aromatic heterocycles. The van der Waals surface area contributed by atoms with Gasteiger partial charge in [-0.3, -0.25) is 24.0 Å². The van der Waals surface area contributed by atoms with E-state index in [4.69, 9.17) is 28.8 Å². The molecule has 1 aromatic carbocycles. The van der Waals surface area contributed by atoms with Crippen LogP contribution in [-0.4, -0.2) is 90.0 Å². The third-order valence-electron chi connectivity index (χ3n) is 8.10. The topological polar surface area (TPSA) is 261 Å². The molecule has 0 bridgehead atoms. The van der Waals surface area contributed by atoms with Gasteiger partial charge in [-0.1, -0.05) is 49.7 Å². The van der Waals surface area contributed by atoms with Crippen LogP contribution in [0.4, 0.5) is 0 Å². The second-order valence-corrected chi connectivity index (χ2v) is 13.7. The molecule has 0 aliphatic heterocycles. The average Bonchev–Trinajstić information content (AvgIpc) is 3.08. The Hall–Kier alpha value is -4.05. The van der Waals surface area contributed by atoms with Gasteiger partial charge in [-0.05, 0) is 102 Å². The highest BCUT2D eigenvalue weighted by Gasteiger charge is 2.32. The molecule has 1 rings (SSSR count). The van der Waals surface area contributed by atoms with E-state index < -0.39 is 71.8 Å². The first-order chi connectivity index (χ1) is 24.6. The van der Waals surface area contributed by atoms with Gasteiger partial charge in [-0.25, -0.2) is 4.79 Å². The van der Waals surface area contributed by atoms with E-state index >= 15 is 0 Å². The van der Waals surface area contributed by atoms with Gasteiger partial charge in [0.25, 0.3) is 0 Å². The first-order valence-electron chi connectivity index (χ1n) is 17.9. The lowest BCUT2D eigenvalue weighted by molar-refractivity contribution is -0.142. The summed E-state index contributed by atoms with van der Waals surface area (Å²) in [6.45, 7) is 7.64. The Morgan fingerprint density at radius 2 is 1.21 bits per heavy atom. The van der Waals surface area contributed by atoms with Gasteiger partial charge in [0.2, 0.25) is 29.5 Å². The maximum Gasteiger partial charge on any atom is 0.326 e. The number of halogens is 1. The molecular weight excluding hydrogens is 692 g/mol. The quantitative estimate of drug-likeness (QED) is 0.0506. The van der Waals surface area contributed by atoms with Crippen LogP contribution in [-0.2, 0) is 35.2 Å². The van der Waals surface area contributed by atoms with Crippen molar-refractivity contribution >= 4 is 47.1 Å². The summed E-state index contributed by atoms with van der Waals surface area (Å²) in [6, 6.07) is 0.140. The van der Waals surface area contributed by atoms with Gasteiger partial charge in [-0.2, -0.15) is 0 Å². The molecule has 15 nitrogen and oxygen atoms in total. The molecule has 0 heterocycles. The van der Waals surface area contributed by atoms with Gasteiger partial charge in [0.15, 0.2) is 0 Å². The highest BCUT2D eigenvalue weighted by molar-refractivity contribution is 6.30. The molecule has 12 N–H and O–H groups in total. The number of allylic oxidation sites excluding steroid dienone is 1. The Bertz CT molecular complexity index is 1340. The number of carbonyl (C=O) groups is 6. The normalized spacial score (nSPS) is 14.8. The van der Waals surface area contributed by atoms with Crippen molar-refractivity contribution in [3.05, 3.63) is 47.0 Å². The van der Waals surface area contributed by atoms with E-state index in [1.807, 2.05) is 13.8 Å². The Labute approximate surface area is 312 Å². The van der Waals surface area contributed by atoms with E-state index in [1.54, 1.807) is 43.3 Å². The van der Waals surface area contributed by atoms with Crippen LogP contribution in [0.5, 0.6) is 0 Å². The molecule has 6 atom stereocenters. The van der Waals surface area contributed by atoms with Crippen LogP contribution < -0.4 is 43.8 Å². The fourth-order valence-corrected chi connectivity index (χ4v) is 5.43. The molecule has 1 aromatic rings. The molecule has 0 spiro atoms. The number of aliphatic carboxylic acids is 1. The van der Waals surface area contributed by atoms with Crippen molar-refractivity contribution in [1.29, 1.82) is 0 Å². The van der Waals surface area contributed by atoms with Crippen molar-refractivity contribution in [1.82, 2.24) is 26.6 Å². The summed E-state index contributed by atoms with van der Waals surface area (Å²) < 4.78 is 0. The first-order valence-corrected chi connectivity index (χ1v) is 18.3. The minimum atomic E-state index is -1.23. The van der Waals surface area contributed by atoms with E-state index in [-0.39, 0.29) is 38.0 Å². The summed E-state index contributed by atoms with van der Waals surface area (Å²) in [5.74, 6) is -4.47. The summed E-state index contributed by atoms with van der Waals surface area (Å²) in [5.41, 5.74) is 17.6. The molecule has 0 unspecified atom stereocenters. The van der Waals surface area contributed by atoms with Gasteiger partial charge in [0.1, 0.15) is 30.2 Å². The number of nitrogens with one attached hydrogen (secondary N) is 5. The van der Waals surface area contributed by atoms with E-state index in [0.29, 0.717) is 49.4 Å². The number of carboxylic acids is 1. The Balaban J connectivity index is 3.36. The zero-order valence-electron chi connectivity index (χ0n) is 30.8. The van der Waals surface area contributed by atoms with Gasteiger partial charge >= 0.3 is 5.97 Å². The summed E-state index contributed by atoms with van der Waals surface area (Å²) in [6.07, 6.45) is 6.20. The van der Waals surface area contributed by atoms with Crippen molar-refractivity contribution in [2.45, 2.75) is 122 Å². The molecular formula is C36H59ClN8O7. The van der Waals surface area contributed by atoms with E-state index in [0.717, 1.165) is 0 Å². The highest BCUT2D eigenvalue weighted by Crippen LogP contribution is 2.14. The van der Waals surface area contributed by atoms with E-state index in [2.05, 4.69) is 26.6 Å². The Morgan fingerprint density at radius 1 is 0.731 bits per heavy atom. The number of nitrogens with two attached hydrogens (primary N) is 3. The lowest BCUT2D eigenvalue weighted by atomic mass is 10.0.